The Labute approximate surface area is 103 Å². The zero-order valence-corrected chi connectivity index (χ0v) is 11.0. The zero-order chi connectivity index (χ0) is 12.8. The predicted octanol–water partition coefficient (Wildman–Crippen LogP) is 0.842. The number of hydrogen-bond acceptors (Lipinski definition) is 3. The number of guanidine groups is 1. The zero-order valence-electron chi connectivity index (χ0n) is 11.0. The van der Waals surface area contributed by atoms with Crippen LogP contribution in [-0.2, 0) is 9.53 Å². The third-order valence-electron chi connectivity index (χ3n) is 3.11. The molecule has 0 bridgehead atoms. The van der Waals surface area contributed by atoms with E-state index < -0.39 is 0 Å². The molecule has 0 spiro atoms. The van der Waals surface area contributed by atoms with Crippen LogP contribution in [0.15, 0.2) is 4.99 Å². The SMILES string of the molecule is COC(=O)C(C)CN=C(N)N1CCCC(C)C1. The summed E-state index contributed by atoms with van der Waals surface area (Å²) in [6, 6.07) is 0. The lowest BCUT2D eigenvalue weighted by molar-refractivity contribution is -0.144. The van der Waals surface area contributed by atoms with Gasteiger partial charge in [-0.2, -0.15) is 0 Å². The topological polar surface area (TPSA) is 67.9 Å². The number of methoxy groups -OCH3 is 1. The number of esters is 1. The molecule has 0 aromatic carbocycles. The molecule has 2 atom stereocenters. The number of aliphatic imine (C=N–C) groups is 1. The molecule has 1 fully saturated rings. The van der Waals surface area contributed by atoms with Crippen molar-refractivity contribution >= 4 is 11.9 Å². The Morgan fingerprint density at radius 2 is 2.35 bits per heavy atom. The third kappa shape index (κ3) is 4.24. The second kappa shape index (κ2) is 6.47. The van der Waals surface area contributed by atoms with Crippen molar-refractivity contribution in [3.05, 3.63) is 0 Å². The summed E-state index contributed by atoms with van der Waals surface area (Å²) in [5.74, 6) is 0.733. The number of likely N-dealkylation sites (tertiary alicyclic amines) is 1. The van der Waals surface area contributed by atoms with Crippen LogP contribution in [0.4, 0.5) is 0 Å². The van der Waals surface area contributed by atoms with Crippen LogP contribution in [0.2, 0.25) is 0 Å². The van der Waals surface area contributed by atoms with Gasteiger partial charge in [0.05, 0.1) is 19.6 Å². The van der Waals surface area contributed by atoms with Crippen LogP contribution in [0.5, 0.6) is 0 Å². The summed E-state index contributed by atoms with van der Waals surface area (Å²) >= 11 is 0. The van der Waals surface area contributed by atoms with Crippen molar-refractivity contribution in [3.63, 3.8) is 0 Å². The van der Waals surface area contributed by atoms with Gasteiger partial charge in [-0.05, 0) is 18.8 Å². The lowest BCUT2D eigenvalue weighted by Gasteiger charge is -2.31. The van der Waals surface area contributed by atoms with E-state index >= 15 is 0 Å². The fourth-order valence-electron chi connectivity index (χ4n) is 2.00. The minimum atomic E-state index is -0.242. The summed E-state index contributed by atoms with van der Waals surface area (Å²) < 4.78 is 4.64. The average molecular weight is 241 g/mol. The fourth-order valence-corrected chi connectivity index (χ4v) is 2.00. The van der Waals surface area contributed by atoms with E-state index in [0.29, 0.717) is 18.4 Å². The highest BCUT2D eigenvalue weighted by molar-refractivity contribution is 5.79. The molecule has 0 aliphatic carbocycles. The number of rotatable bonds is 3. The molecule has 1 aliphatic rings. The molecule has 0 radical (unpaired) electrons. The Hall–Kier alpha value is -1.26. The summed E-state index contributed by atoms with van der Waals surface area (Å²) in [6.07, 6.45) is 2.41. The van der Waals surface area contributed by atoms with Gasteiger partial charge in [-0.3, -0.25) is 9.79 Å². The molecule has 5 nitrogen and oxygen atoms in total. The number of carbonyl (C=O) groups is 1. The van der Waals surface area contributed by atoms with E-state index in [1.54, 1.807) is 6.92 Å². The molecule has 2 N–H and O–H groups in total. The van der Waals surface area contributed by atoms with Gasteiger partial charge < -0.3 is 15.4 Å². The smallest absolute Gasteiger partial charge is 0.310 e. The molecular formula is C12H23N3O2. The van der Waals surface area contributed by atoms with Crippen LogP contribution in [0, 0.1) is 11.8 Å². The summed E-state index contributed by atoms with van der Waals surface area (Å²) in [6.45, 7) is 6.33. The van der Waals surface area contributed by atoms with E-state index in [0.717, 1.165) is 19.5 Å². The van der Waals surface area contributed by atoms with Crippen molar-refractivity contribution in [2.45, 2.75) is 26.7 Å². The van der Waals surface area contributed by atoms with Gasteiger partial charge in [-0.25, -0.2) is 0 Å². The first-order valence-corrected chi connectivity index (χ1v) is 6.17. The number of carbonyl (C=O) groups excluding carboxylic acids is 1. The molecule has 5 heteroatoms. The first kappa shape index (κ1) is 13.8. The van der Waals surface area contributed by atoms with Crippen LogP contribution < -0.4 is 5.73 Å². The number of ether oxygens (including phenoxy) is 1. The van der Waals surface area contributed by atoms with Crippen molar-refractivity contribution in [2.24, 2.45) is 22.6 Å². The maximum atomic E-state index is 11.2. The Bertz CT molecular complexity index is 291. The van der Waals surface area contributed by atoms with Gasteiger partial charge in [0.1, 0.15) is 0 Å². The van der Waals surface area contributed by atoms with Crippen molar-refractivity contribution < 1.29 is 9.53 Å². The summed E-state index contributed by atoms with van der Waals surface area (Å²) in [5.41, 5.74) is 5.92. The predicted molar refractivity (Wildman–Crippen MR) is 67.6 cm³/mol. The van der Waals surface area contributed by atoms with Gasteiger partial charge in [0.2, 0.25) is 0 Å². The minimum Gasteiger partial charge on any atom is -0.469 e. The maximum Gasteiger partial charge on any atom is 0.310 e. The molecule has 0 saturated carbocycles. The number of hydrogen-bond donors (Lipinski definition) is 1. The quantitative estimate of drug-likeness (QED) is 0.452. The highest BCUT2D eigenvalue weighted by atomic mass is 16.5. The van der Waals surface area contributed by atoms with Crippen molar-refractivity contribution in [1.82, 2.24) is 4.90 Å². The van der Waals surface area contributed by atoms with E-state index in [9.17, 15) is 4.79 Å². The molecular weight excluding hydrogens is 218 g/mol. The number of nitrogens with two attached hydrogens (primary N) is 1. The highest BCUT2D eigenvalue weighted by Crippen LogP contribution is 2.14. The largest absolute Gasteiger partial charge is 0.469 e. The Kier molecular flexibility index (Phi) is 5.25. The van der Waals surface area contributed by atoms with Gasteiger partial charge in [0.15, 0.2) is 5.96 Å². The van der Waals surface area contributed by atoms with E-state index in [2.05, 4.69) is 21.6 Å². The Morgan fingerprint density at radius 3 is 2.94 bits per heavy atom. The van der Waals surface area contributed by atoms with Crippen LogP contribution >= 0.6 is 0 Å². The van der Waals surface area contributed by atoms with Gasteiger partial charge >= 0.3 is 5.97 Å². The lowest BCUT2D eigenvalue weighted by Crippen LogP contribution is -2.43. The van der Waals surface area contributed by atoms with E-state index in [4.69, 9.17) is 5.73 Å². The normalized spacial score (nSPS) is 23.4. The van der Waals surface area contributed by atoms with E-state index in [-0.39, 0.29) is 11.9 Å². The molecule has 1 heterocycles. The van der Waals surface area contributed by atoms with Gasteiger partial charge in [0.25, 0.3) is 0 Å². The van der Waals surface area contributed by atoms with Crippen LogP contribution in [-0.4, -0.2) is 43.6 Å². The van der Waals surface area contributed by atoms with E-state index in [1.165, 1.54) is 13.5 Å². The monoisotopic (exact) mass is 241 g/mol. The molecule has 0 aromatic rings. The molecule has 2 unspecified atom stereocenters. The maximum absolute atomic E-state index is 11.2. The molecule has 17 heavy (non-hydrogen) atoms. The summed E-state index contributed by atoms with van der Waals surface area (Å²) in [4.78, 5) is 17.6. The standard InChI is InChI=1S/C12H23N3O2/c1-9-5-4-6-15(8-9)12(13)14-7-10(2)11(16)17-3/h9-10H,4-8H2,1-3H3,(H2,13,14). The molecule has 1 rings (SSSR count). The van der Waals surface area contributed by atoms with Crippen molar-refractivity contribution in [1.29, 1.82) is 0 Å². The average Bonchev–Trinajstić information content (AvgIpc) is 2.34. The molecule has 0 amide bonds. The van der Waals surface area contributed by atoms with Crippen molar-refractivity contribution in [2.75, 3.05) is 26.7 Å². The molecule has 0 aromatic heterocycles. The summed E-state index contributed by atoms with van der Waals surface area (Å²) in [7, 11) is 1.39. The first-order valence-electron chi connectivity index (χ1n) is 6.17. The second-order valence-electron chi connectivity index (χ2n) is 4.82. The Morgan fingerprint density at radius 1 is 1.65 bits per heavy atom. The molecule has 1 aliphatic heterocycles. The van der Waals surface area contributed by atoms with Crippen molar-refractivity contribution in [3.8, 4) is 0 Å². The Balaban J connectivity index is 2.45. The first-order chi connectivity index (χ1) is 8.04. The molecule has 98 valence electrons. The minimum absolute atomic E-state index is 0.235. The lowest BCUT2D eigenvalue weighted by atomic mass is 10.0. The van der Waals surface area contributed by atoms with Gasteiger partial charge in [0, 0.05) is 13.1 Å². The van der Waals surface area contributed by atoms with Crippen LogP contribution in [0.25, 0.3) is 0 Å². The number of piperidine rings is 1. The van der Waals surface area contributed by atoms with Crippen LogP contribution in [0.1, 0.15) is 26.7 Å². The van der Waals surface area contributed by atoms with E-state index in [1.807, 2.05) is 0 Å². The summed E-state index contributed by atoms with van der Waals surface area (Å²) in [5, 5.41) is 0. The third-order valence-corrected chi connectivity index (χ3v) is 3.11. The van der Waals surface area contributed by atoms with Crippen LogP contribution in [0.3, 0.4) is 0 Å². The second-order valence-corrected chi connectivity index (χ2v) is 4.82. The fraction of sp³-hybridized carbons (Fsp3) is 0.833. The molecule has 1 saturated heterocycles. The highest BCUT2D eigenvalue weighted by Gasteiger charge is 2.18. The number of nitrogens with zero attached hydrogens (tertiary/aromatic N) is 2. The van der Waals surface area contributed by atoms with Gasteiger partial charge in [-0.1, -0.05) is 13.8 Å². The van der Waals surface area contributed by atoms with Gasteiger partial charge in [-0.15, -0.1) is 0 Å².